The zero-order chi connectivity index (χ0) is 12.0. The molecule has 0 heterocycles. The van der Waals surface area contributed by atoms with E-state index in [-0.39, 0.29) is 0 Å². The molecular formula is C13H21N3. The van der Waals surface area contributed by atoms with Gasteiger partial charge in [-0.15, -0.1) is 0 Å². The van der Waals surface area contributed by atoms with E-state index in [1.165, 1.54) is 0 Å². The summed E-state index contributed by atoms with van der Waals surface area (Å²) < 4.78 is 0. The number of para-hydroxylation sites is 1. The molecule has 0 radical (unpaired) electrons. The third-order valence-electron chi connectivity index (χ3n) is 2.73. The molecule has 1 atom stereocenters. The second-order valence-electron chi connectivity index (χ2n) is 4.05. The van der Waals surface area contributed by atoms with Gasteiger partial charge in [-0.1, -0.05) is 31.5 Å². The smallest absolute Gasteiger partial charge is 0.196 e. The van der Waals surface area contributed by atoms with E-state index in [1.54, 1.807) is 0 Å². The van der Waals surface area contributed by atoms with Crippen molar-refractivity contribution in [2.75, 3.05) is 7.05 Å². The molecule has 1 rings (SSSR count). The highest BCUT2D eigenvalue weighted by Crippen LogP contribution is 2.11. The Morgan fingerprint density at radius 1 is 1.38 bits per heavy atom. The molecule has 0 aliphatic heterocycles. The predicted molar refractivity (Wildman–Crippen MR) is 69.9 cm³/mol. The molecule has 0 saturated carbocycles. The number of guanidine groups is 1. The lowest BCUT2D eigenvalue weighted by atomic mass is 10.2. The molecule has 2 N–H and O–H groups in total. The van der Waals surface area contributed by atoms with E-state index in [0.717, 1.165) is 18.5 Å². The average Bonchev–Trinajstić information content (AvgIpc) is 2.29. The zero-order valence-corrected chi connectivity index (χ0v) is 10.4. The van der Waals surface area contributed by atoms with Crippen molar-refractivity contribution in [2.24, 2.45) is 10.7 Å². The summed E-state index contributed by atoms with van der Waals surface area (Å²) in [5, 5.41) is 0. The summed E-state index contributed by atoms with van der Waals surface area (Å²) in [6.45, 7) is 4.34. The molecule has 1 unspecified atom stereocenters. The van der Waals surface area contributed by atoms with Crippen LogP contribution < -0.4 is 5.73 Å². The van der Waals surface area contributed by atoms with Gasteiger partial charge < -0.3 is 10.6 Å². The maximum atomic E-state index is 5.96. The molecule has 0 saturated heterocycles. The van der Waals surface area contributed by atoms with Crippen molar-refractivity contribution in [3.8, 4) is 0 Å². The van der Waals surface area contributed by atoms with Gasteiger partial charge in [0.2, 0.25) is 0 Å². The van der Waals surface area contributed by atoms with Crippen molar-refractivity contribution in [2.45, 2.75) is 32.7 Å². The molecule has 88 valence electrons. The van der Waals surface area contributed by atoms with Gasteiger partial charge in [0, 0.05) is 13.1 Å². The molecule has 3 nitrogen and oxygen atoms in total. The third-order valence-corrected chi connectivity index (χ3v) is 2.73. The van der Waals surface area contributed by atoms with Gasteiger partial charge in [-0.3, -0.25) is 0 Å². The molecule has 16 heavy (non-hydrogen) atoms. The highest BCUT2D eigenvalue weighted by molar-refractivity contribution is 5.81. The summed E-state index contributed by atoms with van der Waals surface area (Å²) in [4.78, 5) is 6.41. The van der Waals surface area contributed by atoms with Crippen LogP contribution in [0.25, 0.3) is 0 Å². The van der Waals surface area contributed by atoms with Gasteiger partial charge in [-0.2, -0.15) is 0 Å². The van der Waals surface area contributed by atoms with Gasteiger partial charge in [0.1, 0.15) is 0 Å². The van der Waals surface area contributed by atoms with Crippen LogP contribution in [0, 0.1) is 0 Å². The van der Waals surface area contributed by atoms with Gasteiger partial charge in [0.25, 0.3) is 0 Å². The van der Waals surface area contributed by atoms with Gasteiger partial charge >= 0.3 is 0 Å². The van der Waals surface area contributed by atoms with E-state index in [1.807, 2.05) is 42.3 Å². The Kier molecular flexibility index (Phi) is 4.83. The SMILES string of the molecule is CCCC(C)N(C)C(N)=Nc1ccccc1. The second-order valence-corrected chi connectivity index (χ2v) is 4.05. The Balaban J connectivity index is 2.70. The molecule has 0 bridgehead atoms. The standard InChI is InChI=1S/C13H21N3/c1-4-8-11(2)16(3)13(14)15-12-9-6-5-7-10-12/h5-7,9-11H,4,8H2,1-3H3,(H2,14,15). The normalized spacial score (nSPS) is 13.6. The van der Waals surface area contributed by atoms with Crippen LogP contribution >= 0.6 is 0 Å². The summed E-state index contributed by atoms with van der Waals surface area (Å²) >= 11 is 0. The zero-order valence-electron chi connectivity index (χ0n) is 10.4. The Bertz CT molecular complexity index is 332. The van der Waals surface area contributed by atoms with Crippen molar-refractivity contribution < 1.29 is 0 Å². The molecule has 0 amide bonds. The Labute approximate surface area is 98.0 Å². The number of aliphatic imine (C=N–C) groups is 1. The quantitative estimate of drug-likeness (QED) is 0.625. The lowest BCUT2D eigenvalue weighted by molar-refractivity contribution is 0.363. The van der Waals surface area contributed by atoms with Crippen LogP contribution in [0.1, 0.15) is 26.7 Å². The van der Waals surface area contributed by atoms with Crippen LogP contribution in [-0.4, -0.2) is 23.9 Å². The van der Waals surface area contributed by atoms with Crippen LogP contribution in [0.2, 0.25) is 0 Å². The summed E-state index contributed by atoms with van der Waals surface area (Å²) in [7, 11) is 1.99. The first-order valence-electron chi connectivity index (χ1n) is 5.77. The fourth-order valence-electron chi connectivity index (χ4n) is 1.55. The first-order valence-corrected chi connectivity index (χ1v) is 5.77. The minimum Gasteiger partial charge on any atom is -0.369 e. The molecule has 1 aromatic carbocycles. The van der Waals surface area contributed by atoms with Crippen molar-refractivity contribution in [1.82, 2.24) is 4.90 Å². The Morgan fingerprint density at radius 3 is 2.56 bits per heavy atom. The lowest BCUT2D eigenvalue weighted by Gasteiger charge is -2.25. The third kappa shape index (κ3) is 3.57. The van der Waals surface area contributed by atoms with E-state index in [0.29, 0.717) is 12.0 Å². The predicted octanol–water partition coefficient (Wildman–Crippen LogP) is 2.75. The number of hydrogen-bond donors (Lipinski definition) is 1. The fraction of sp³-hybridized carbons (Fsp3) is 0.462. The number of nitrogens with two attached hydrogens (primary N) is 1. The topological polar surface area (TPSA) is 41.6 Å². The average molecular weight is 219 g/mol. The second kappa shape index (κ2) is 6.16. The first-order chi connectivity index (χ1) is 7.65. The maximum Gasteiger partial charge on any atom is 0.196 e. The molecule has 0 aromatic heterocycles. The van der Waals surface area contributed by atoms with Crippen molar-refractivity contribution in [3.05, 3.63) is 30.3 Å². The molecule has 0 aliphatic rings. The van der Waals surface area contributed by atoms with Crippen molar-refractivity contribution >= 4 is 11.6 Å². The molecule has 1 aromatic rings. The summed E-state index contributed by atoms with van der Waals surface area (Å²) in [6, 6.07) is 10.2. The summed E-state index contributed by atoms with van der Waals surface area (Å²) in [5.74, 6) is 0.576. The van der Waals surface area contributed by atoms with Crippen LogP contribution in [-0.2, 0) is 0 Å². The van der Waals surface area contributed by atoms with Crippen LogP contribution in [0.4, 0.5) is 5.69 Å². The van der Waals surface area contributed by atoms with Crippen LogP contribution in [0.5, 0.6) is 0 Å². The number of benzene rings is 1. The fourth-order valence-corrected chi connectivity index (χ4v) is 1.55. The van der Waals surface area contributed by atoms with Gasteiger partial charge in [-0.05, 0) is 25.5 Å². The van der Waals surface area contributed by atoms with E-state index in [2.05, 4.69) is 18.8 Å². The minimum absolute atomic E-state index is 0.428. The Morgan fingerprint density at radius 2 is 2.00 bits per heavy atom. The molecular weight excluding hydrogens is 198 g/mol. The molecule has 0 spiro atoms. The lowest BCUT2D eigenvalue weighted by Crippen LogP contribution is -2.40. The van der Waals surface area contributed by atoms with Crippen LogP contribution in [0.3, 0.4) is 0 Å². The van der Waals surface area contributed by atoms with Gasteiger partial charge in [0.05, 0.1) is 5.69 Å². The van der Waals surface area contributed by atoms with Gasteiger partial charge in [-0.25, -0.2) is 4.99 Å². The van der Waals surface area contributed by atoms with Crippen molar-refractivity contribution in [3.63, 3.8) is 0 Å². The number of nitrogens with zero attached hydrogens (tertiary/aromatic N) is 2. The summed E-state index contributed by atoms with van der Waals surface area (Å²) in [6.07, 6.45) is 2.28. The van der Waals surface area contributed by atoms with E-state index >= 15 is 0 Å². The van der Waals surface area contributed by atoms with E-state index in [4.69, 9.17) is 5.73 Å². The first kappa shape index (κ1) is 12.6. The maximum absolute atomic E-state index is 5.96. The Hall–Kier alpha value is -1.51. The highest BCUT2D eigenvalue weighted by atomic mass is 15.2. The molecule has 0 aliphatic carbocycles. The minimum atomic E-state index is 0.428. The largest absolute Gasteiger partial charge is 0.369 e. The number of hydrogen-bond acceptors (Lipinski definition) is 1. The summed E-state index contributed by atoms with van der Waals surface area (Å²) in [5.41, 5.74) is 6.86. The van der Waals surface area contributed by atoms with E-state index < -0.39 is 0 Å². The highest BCUT2D eigenvalue weighted by Gasteiger charge is 2.09. The molecule has 3 heteroatoms. The van der Waals surface area contributed by atoms with E-state index in [9.17, 15) is 0 Å². The number of rotatable bonds is 4. The molecule has 0 fully saturated rings. The van der Waals surface area contributed by atoms with Crippen LogP contribution in [0.15, 0.2) is 35.3 Å². The van der Waals surface area contributed by atoms with Crippen molar-refractivity contribution in [1.29, 1.82) is 0 Å². The van der Waals surface area contributed by atoms with Gasteiger partial charge in [0.15, 0.2) is 5.96 Å². The monoisotopic (exact) mass is 219 g/mol.